The maximum absolute atomic E-state index is 11.5. The van der Waals surface area contributed by atoms with Gasteiger partial charge < -0.3 is 26.6 Å². The van der Waals surface area contributed by atoms with E-state index >= 15 is 0 Å². The summed E-state index contributed by atoms with van der Waals surface area (Å²) in [6.07, 6.45) is 4.48. The van der Waals surface area contributed by atoms with Crippen LogP contribution in [0.3, 0.4) is 0 Å². The molecule has 1 aliphatic rings. The van der Waals surface area contributed by atoms with Crippen molar-refractivity contribution in [3.05, 3.63) is 17.8 Å². The Morgan fingerprint density at radius 2 is 2.29 bits per heavy atom. The van der Waals surface area contributed by atoms with Crippen molar-refractivity contribution >= 4 is 17.4 Å². The van der Waals surface area contributed by atoms with Crippen LogP contribution in [0.15, 0.2) is 12.3 Å². The van der Waals surface area contributed by atoms with Crippen LogP contribution in [-0.2, 0) is 0 Å². The Bertz CT molecular complexity index is 495. The zero-order chi connectivity index (χ0) is 15.2. The number of rotatable bonds is 6. The van der Waals surface area contributed by atoms with E-state index in [-0.39, 0.29) is 18.8 Å². The van der Waals surface area contributed by atoms with Crippen molar-refractivity contribution in [3.63, 3.8) is 0 Å². The Labute approximate surface area is 123 Å². The van der Waals surface area contributed by atoms with E-state index < -0.39 is 5.91 Å². The van der Waals surface area contributed by atoms with E-state index in [1.165, 1.54) is 6.20 Å². The molecule has 7 nitrogen and oxygen atoms in total. The topological polar surface area (TPSA) is 121 Å². The number of nitrogens with two attached hydrogens (primary N) is 1. The quantitative estimate of drug-likeness (QED) is 0.514. The molecule has 1 heterocycles. The number of hydrogen-bond acceptors (Lipinski definition) is 6. The zero-order valence-corrected chi connectivity index (χ0v) is 11.9. The van der Waals surface area contributed by atoms with Crippen LogP contribution < -0.4 is 16.4 Å². The van der Waals surface area contributed by atoms with Gasteiger partial charge in [0.1, 0.15) is 5.82 Å². The summed E-state index contributed by atoms with van der Waals surface area (Å²) >= 11 is 0. The zero-order valence-electron chi connectivity index (χ0n) is 11.9. The molecule has 6 N–H and O–H groups in total. The summed E-state index contributed by atoms with van der Waals surface area (Å²) in [5.74, 6) is 0.0166. The van der Waals surface area contributed by atoms with Gasteiger partial charge in [-0.25, -0.2) is 4.98 Å². The fourth-order valence-corrected chi connectivity index (χ4v) is 2.57. The Hall–Kier alpha value is -1.86. The lowest BCUT2D eigenvalue weighted by atomic mass is 9.92. The fraction of sp³-hybridized carbons (Fsp3) is 0.571. The molecule has 2 unspecified atom stereocenters. The standard InChI is InChI=1S/C14H22N4O3/c15-14(21)11-8-17-13(16-4-5-19)7-12(11)18-9-2-1-3-10(20)6-9/h7-10,19-20H,1-6H2,(H2,15,21)(H2,16,17,18). The Kier molecular flexibility index (Phi) is 5.35. The Balaban J connectivity index is 2.15. The summed E-state index contributed by atoms with van der Waals surface area (Å²) in [5.41, 5.74) is 6.30. The van der Waals surface area contributed by atoms with E-state index in [2.05, 4.69) is 15.6 Å². The third-order valence-corrected chi connectivity index (χ3v) is 3.59. The first kappa shape index (κ1) is 15.5. The minimum absolute atomic E-state index is 0.00314. The first-order chi connectivity index (χ1) is 10.1. The van der Waals surface area contributed by atoms with Crippen molar-refractivity contribution in [1.82, 2.24) is 4.98 Å². The van der Waals surface area contributed by atoms with Gasteiger partial charge >= 0.3 is 0 Å². The van der Waals surface area contributed by atoms with Crippen LogP contribution in [0.25, 0.3) is 0 Å². The SMILES string of the molecule is NC(=O)c1cnc(NCCO)cc1NC1CCCC(O)C1. The first-order valence-corrected chi connectivity index (χ1v) is 7.19. The van der Waals surface area contributed by atoms with Crippen molar-refractivity contribution in [1.29, 1.82) is 0 Å². The molecule has 1 fully saturated rings. The van der Waals surface area contributed by atoms with E-state index in [9.17, 15) is 9.90 Å². The van der Waals surface area contributed by atoms with Crippen molar-refractivity contribution in [3.8, 4) is 0 Å². The van der Waals surface area contributed by atoms with E-state index in [1.807, 2.05) is 0 Å². The number of nitrogens with zero attached hydrogens (tertiary/aromatic N) is 1. The average Bonchev–Trinajstić information content (AvgIpc) is 2.45. The number of aromatic nitrogens is 1. The molecule has 21 heavy (non-hydrogen) atoms. The summed E-state index contributed by atoms with van der Waals surface area (Å²) in [6.45, 7) is 0.376. The lowest BCUT2D eigenvalue weighted by Crippen LogP contribution is -2.31. The molecule has 0 bridgehead atoms. The number of carbonyl (C=O) groups excluding carboxylic acids is 1. The van der Waals surface area contributed by atoms with Crippen LogP contribution in [0.2, 0.25) is 0 Å². The van der Waals surface area contributed by atoms with Gasteiger partial charge in [0.25, 0.3) is 5.91 Å². The Morgan fingerprint density at radius 3 is 2.95 bits per heavy atom. The summed E-state index contributed by atoms with van der Waals surface area (Å²) in [6, 6.07) is 1.82. The van der Waals surface area contributed by atoms with E-state index in [1.54, 1.807) is 6.07 Å². The van der Waals surface area contributed by atoms with Gasteiger partial charge in [0.2, 0.25) is 0 Å². The van der Waals surface area contributed by atoms with Gasteiger partial charge in [-0.05, 0) is 25.7 Å². The monoisotopic (exact) mass is 294 g/mol. The third-order valence-electron chi connectivity index (χ3n) is 3.59. The van der Waals surface area contributed by atoms with Gasteiger partial charge in [-0.15, -0.1) is 0 Å². The third kappa shape index (κ3) is 4.30. The average molecular weight is 294 g/mol. The molecule has 1 amide bonds. The van der Waals surface area contributed by atoms with E-state index in [0.29, 0.717) is 30.0 Å². The van der Waals surface area contributed by atoms with Crippen LogP contribution >= 0.6 is 0 Å². The molecule has 0 saturated heterocycles. The number of anilines is 2. The highest BCUT2D eigenvalue weighted by molar-refractivity contribution is 5.98. The second-order valence-corrected chi connectivity index (χ2v) is 5.29. The van der Waals surface area contributed by atoms with E-state index in [0.717, 1.165) is 19.3 Å². The summed E-state index contributed by atoms with van der Waals surface area (Å²) in [7, 11) is 0. The number of hydrogen-bond donors (Lipinski definition) is 5. The van der Waals surface area contributed by atoms with Gasteiger partial charge in [-0.1, -0.05) is 0 Å². The smallest absolute Gasteiger partial charge is 0.252 e. The highest BCUT2D eigenvalue weighted by atomic mass is 16.3. The molecule has 1 saturated carbocycles. The molecule has 2 atom stereocenters. The van der Waals surface area contributed by atoms with Gasteiger partial charge in [0, 0.05) is 24.8 Å². The van der Waals surface area contributed by atoms with Gasteiger partial charge in [-0.3, -0.25) is 4.79 Å². The minimum atomic E-state index is -0.546. The molecular weight excluding hydrogens is 272 g/mol. The number of aliphatic hydroxyl groups is 2. The van der Waals surface area contributed by atoms with Crippen molar-refractivity contribution in [2.75, 3.05) is 23.8 Å². The molecular formula is C14H22N4O3. The van der Waals surface area contributed by atoms with Crippen LogP contribution in [0.4, 0.5) is 11.5 Å². The number of amides is 1. The summed E-state index contributed by atoms with van der Waals surface area (Å²) in [4.78, 5) is 15.6. The van der Waals surface area contributed by atoms with Gasteiger partial charge in [-0.2, -0.15) is 0 Å². The molecule has 2 rings (SSSR count). The van der Waals surface area contributed by atoms with Crippen LogP contribution in [0.1, 0.15) is 36.0 Å². The fourth-order valence-electron chi connectivity index (χ4n) is 2.57. The molecule has 0 radical (unpaired) electrons. The summed E-state index contributed by atoms with van der Waals surface area (Å²) < 4.78 is 0. The molecule has 0 spiro atoms. The molecule has 116 valence electrons. The molecule has 1 aromatic rings. The van der Waals surface area contributed by atoms with Crippen LogP contribution in [0, 0.1) is 0 Å². The van der Waals surface area contributed by atoms with E-state index in [4.69, 9.17) is 10.8 Å². The Morgan fingerprint density at radius 1 is 1.48 bits per heavy atom. The minimum Gasteiger partial charge on any atom is -0.395 e. The second kappa shape index (κ2) is 7.24. The number of primary amides is 1. The van der Waals surface area contributed by atoms with Crippen molar-refractivity contribution < 1.29 is 15.0 Å². The molecule has 7 heteroatoms. The maximum atomic E-state index is 11.5. The predicted octanol–water partition coefficient (Wildman–Crippen LogP) is 0.300. The first-order valence-electron chi connectivity index (χ1n) is 7.19. The molecule has 1 aromatic heterocycles. The number of carbonyl (C=O) groups is 1. The van der Waals surface area contributed by atoms with Crippen molar-refractivity contribution in [2.24, 2.45) is 5.73 Å². The number of pyridine rings is 1. The predicted molar refractivity (Wildman–Crippen MR) is 80.2 cm³/mol. The summed E-state index contributed by atoms with van der Waals surface area (Å²) in [5, 5.41) is 24.8. The largest absolute Gasteiger partial charge is 0.395 e. The highest BCUT2D eigenvalue weighted by Crippen LogP contribution is 2.25. The van der Waals surface area contributed by atoms with Crippen molar-refractivity contribution in [2.45, 2.75) is 37.8 Å². The van der Waals surface area contributed by atoms with Crippen LogP contribution in [-0.4, -0.2) is 46.4 Å². The van der Waals surface area contributed by atoms with Crippen LogP contribution in [0.5, 0.6) is 0 Å². The number of aliphatic hydroxyl groups excluding tert-OH is 2. The molecule has 0 aliphatic heterocycles. The normalized spacial score (nSPS) is 21.8. The maximum Gasteiger partial charge on any atom is 0.252 e. The highest BCUT2D eigenvalue weighted by Gasteiger charge is 2.21. The molecule has 1 aliphatic carbocycles. The van der Waals surface area contributed by atoms with Gasteiger partial charge in [0.05, 0.1) is 24.0 Å². The lowest BCUT2D eigenvalue weighted by molar-refractivity contribution is 0.100. The molecule has 0 aromatic carbocycles. The van der Waals surface area contributed by atoms with Gasteiger partial charge in [0.15, 0.2) is 0 Å². The lowest BCUT2D eigenvalue weighted by Gasteiger charge is -2.28. The second-order valence-electron chi connectivity index (χ2n) is 5.29. The number of nitrogens with one attached hydrogen (secondary N) is 2.